The summed E-state index contributed by atoms with van der Waals surface area (Å²) in [6.07, 6.45) is 8.66. The maximum atomic E-state index is 12.4. The SMILES string of the molecule is C=CC1CCC(OC(=O)c2ccc(C=CC(=O)OCc3cc(N)cc(N)c3)cc2)CC1. The highest BCUT2D eigenvalue weighted by molar-refractivity contribution is 5.90. The lowest BCUT2D eigenvalue weighted by Gasteiger charge is -2.26. The summed E-state index contributed by atoms with van der Waals surface area (Å²) in [6.45, 7) is 3.91. The molecule has 0 radical (unpaired) electrons. The summed E-state index contributed by atoms with van der Waals surface area (Å²) in [6, 6.07) is 11.9. The number of allylic oxidation sites excluding steroid dienone is 1. The monoisotopic (exact) mass is 420 g/mol. The standard InChI is InChI=1S/C25H28N2O4/c1-2-17-5-10-23(11-6-17)31-25(29)20-8-3-18(4-9-20)7-12-24(28)30-16-19-13-21(26)15-22(27)14-19/h2-4,7-9,12-15,17,23H,1,5-6,10-11,16,26-27H2. The number of benzene rings is 2. The summed E-state index contributed by atoms with van der Waals surface area (Å²) >= 11 is 0. The Hall–Kier alpha value is -3.54. The van der Waals surface area contributed by atoms with E-state index in [1.807, 2.05) is 6.08 Å². The van der Waals surface area contributed by atoms with Crippen LogP contribution in [0, 0.1) is 5.92 Å². The number of carbonyl (C=O) groups excluding carboxylic acids is 2. The van der Waals surface area contributed by atoms with E-state index in [2.05, 4.69) is 6.58 Å². The van der Waals surface area contributed by atoms with Crippen LogP contribution in [0.1, 0.15) is 47.2 Å². The molecule has 0 heterocycles. The van der Waals surface area contributed by atoms with Gasteiger partial charge >= 0.3 is 11.9 Å². The lowest BCUT2D eigenvalue weighted by molar-refractivity contribution is -0.138. The lowest BCUT2D eigenvalue weighted by atomic mass is 9.87. The van der Waals surface area contributed by atoms with Crippen molar-refractivity contribution >= 4 is 29.4 Å². The van der Waals surface area contributed by atoms with Crippen LogP contribution in [-0.4, -0.2) is 18.0 Å². The van der Waals surface area contributed by atoms with Crippen molar-refractivity contribution in [3.05, 3.63) is 77.9 Å². The molecule has 0 aliphatic heterocycles. The molecule has 0 atom stereocenters. The Morgan fingerprint density at radius 3 is 2.26 bits per heavy atom. The Morgan fingerprint density at radius 1 is 1.00 bits per heavy atom. The zero-order chi connectivity index (χ0) is 22.2. The molecule has 1 fully saturated rings. The Labute approximate surface area is 182 Å². The van der Waals surface area contributed by atoms with E-state index in [0.717, 1.165) is 36.8 Å². The third-order valence-corrected chi connectivity index (χ3v) is 5.30. The molecule has 6 nitrogen and oxygen atoms in total. The topological polar surface area (TPSA) is 105 Å². The molecule has 0 unspecified atom stereocenters. The van der Waals surface area contributed by atoms with Crippen molar-refractivity contribution in [1.82, 2.24) is 0 Å². The fourth-order valence-electron chi connectivity index (χ4n) is 3.59. The largest absolute Gasteiger partial charge is 0.459 e. The minimum Gasteiger partial charge on any atom is -0.459 e. The molecule has 1 saturated carbocycles. The van der Waals surface area contributed by atoms with E-state index in [0.29, 0.717) is 22.9 Å². The quantitative estimate of drug-likeness (QED) is 0.296. The van der Waals surface area contributed by atoms with Crippen molar-refractivity contribution in [2.24, 2.45) is 5.92 Å². The van der Waals surface area contributed by atoms with Crippen molar-refractivity contribution in [3.8, 4) is 0 Å². The van der Waals surface area contributed by atoms with E-state index in [1.54, 1.807) is 48.5 Å². The van der Waals surface area contributed by atoms with E-state index in [-0.39, 0.29) is 18.7 Å². The van der Waals surface area contributed by atoms with Crippen LogP contribution in [0.4, 0.5) is 11.4 Å². The predicted octanol–water partition coefficient (Wildman–Crippen LogP) is 4.51. The highest BCUT2D eigenvalue weighted by Gasteiger charge is 2.22. The van der Waals surface area contributed by atoms with E-state index in [4.69, 9.17) is 20.9 Å². The van der Waals surface area contributed by atoms with Crippen LogP contribution in [-0.2, 0) is 20.9 Å². The van der Waals surface area contributed by atoms with Gasteiger partial charge in [-0.1, -0.05) is 18.2 Å². The van der Waals surface area contributed by atoms with E-state index in [9.17, 15) is 9.59 Å². The summed E-state index contributed by atoms with van der Waals surface area (Å²) in [7, 11) is 0. The summed E-state index contributed by atoms with van der Waals surface area (Å²) in [5.41, 5.74) is 14.5. The van der Waals surface area contributed by atoms with Crippen molar-refractivity contribution in [2.75, 3.05) is 11.5 Å². The highest BCUT2D eigenvalue weighted by Crippen LogP contribution is 2.27. The van der Waals surface area contributed by atoms with Gasteiger partial charge in [0.05, 0.1) is 5.56 Å². The van der Waals surface area contributed by atoms with E-state index in [1.165, 1.54) is 6.08 Å². The van der Waals surface area contributed by atoms with Crippen molar-refractivity contribution < 1.29 is 19.1 Å². The first-order valence-electron chi connectivity index (χ1n) is 10.4. The minimum atomic E-state index is -0.486. The number of rotatable bonds is 7. The first-order valence-corrected chi connectivity index (χ1v) is 10.4. The molecule has 0 saturated heterocycles. The number of esters is 2. The second-order valence-corrected chi connectivity index (χ2v) is 7.75. The number of hydrogen-bond donors (Lipinski definition) is 2. The Bertz CT molecular complexity index is 938. The molecule has 2 aromatic carbocycles. The predicted molar refractivity (Wildman–Crippen MR) is 122 cm³/mol. The number of carbonyl (C=O) groups is 2. The zero-order valence-corrected chi connectivity index (χ0v) is 17.5. The molecular weight excluding hydrogens is 392 g/mol. The molecule has 4 N–H and O–H groups in total. The van der Waals surface area contributed by atoms with Crippen LogP contribution < -0.4 is 11.5 Å². The van der Waals surface area contributed by atoms with Crippen LogP contribution >= 0.6 is 0 Å². The van der Waals surface area contributed by atoms with Gasteiger partial charge in [-0.05, 0) is 79.1 Å². The molecular formula is C25H28N2O4. The van der Waals surface area contributed by atoms with Crippen LogP contribution in [0.3, 0.4) is 0 Å². The van der Waals surface area contributed by atoms with Gasteiger partial charge in [-0.3, -0.25) is 0 Å². The molecule has 0 spiro atoms. The third-order valence-electron chi connectivity index (χ3n) is 5.30. The van der Waals surface area contributed by atoms with Gasteiger partial charge < -0.3 is 20.9 Å². The number of anilines is 2. The van der Waals surface area contributed by atoms with Crippen molar-refractivity contribution in [1.29, 1.82) is 0 Å². The molecule has 6 heteroatoms. The molecule has 1 aliphatic rings. The summed E-state index contributed by atoms with van der Waals surface area (Å²) < 4.78 is 10.8. The second-order valence-electron chi connectivity index (χ2n) is 7.75. The van der Waals surface area contributed by atoms with Gasteiger partial charge in [0.25, 0.3) is 0 Å². The van der Waals surface area contributed by atoms with Crippen molar-refractivity contribution in [2.45, 2.75) is 38.4 Å². The van der Waals surface area contributed by atoms with Gasteiger partial charge in [0, 0.05) is 17.5 Å². The summed E-state index contributed by atoms with van der Waals surface area (Å²) in [5.74, 6) is -0.283. The maximum Gasteiger partial charge on any atom is 0.338 e. The first kappa shape index (κ1) is 22.2. The minimum absolute atomic E-state index is 0.0339. The van der Waals surface area contributed by atoms with Crippen LogP contribution in [0.25, 0.3) is 6.08 Å². The Morgan fingerprint density at radius 2 is 1.65 bits per heavy atom. The molecule has 0 amide bonds. The van der Waals surface area contributed by atoms with Gasteiger partial charge in [0.2, 0.25) is 0 Å². The molecule has 162 valence electrons. The average molecular weight is 421 g/mol. The number of ether oxygens (including phenoxy) is 2. The third kappa shape index (κ3) is 6.74. The second kappa shape index (κ2) is 10.5. The van der Waals surface area contributed by atoms with Gasteiger partial charge in [-0.15, -0.1) is 6.58 Å². The molecule has 2 aromatic rings. The molecule has 3 rings (SSSR count). The highest BCUT2D eigenvalue weighted by atomic mass is 16.5. The fraction of sp³-hybridized carbons (Fsp3) is 0.280. The molecule has 0 aromatic heterocycles. The van der Waals surface area contributed by atoms with Gasteiger partial charge in [0.1, 0.15) is 12.7 Å². The summed E-state index contributed by atoms with van der Waals surface area (Å²) in [5, 5.41) is 0. The average Bonchev–Trinajstić information content (AvgIpc) is 2.76. The number of hydrogen-bond acceptors (Lipinski definition) is 6. The van der Waals surface area contributed by atoms with E-state index >= 15 is 0 Å². The number of nitrogens with two attached hydrogens (primary N) is 2. The first-order chi connectivity index (χ1) is 14.9. The summed E-state index contributed by atoms with van der Waals surface area (Å²) in [4.78, 5) is 24.3. The Kier molecular flexibility index (Phi) is 7.49. The normalized spacial score (nSPS) is 18.5. The fourth-order valence-corrected chi connectivity index (χ4v) is 3.59. The van der Waals surface area contributed by atoms with Crippen LogP contribution in [0.15, 0.2) is 61.2 Å². The van der Waals surface area contributed by atoms with Crippen LogP contribution in [0.5, 0.6) is 0 Å². The van der Waals surface area contributed by atoms with E-state index < -0.39 is 5.97 Å². The van der Waals surface area contributed by atoms with Gasteiger partial charge in [0.15, 0.2) is 0 Å². The van der Waals surface area contributed by atoms with Gasteiger partial charge in [-0.2, -0.15) is 0 Å². The zero-order valence-electron chi connectivity index (χ0n) is 17.5. The molecule has 31 heavy (non-hydrogen) atoms. The molecule has 0 bridgehead atoms. The van der Waals surface area contributed by atoms with Crippen molar-refractivity contribution in [3.63, 3.8) is 0 Å². The molecule has 1 aliphatic carbocycles. The maximum absolute atomic E-state index is 12.4. The van der Waals surface area contributed by atoms with Gasteiger partial charge in [-0.25, -0.2) is 9.59 Å². The number of nitrogen functional groups attached to an aromatic ring is 2. The lowest BCUT2D eigenvalue weighted by Crippen LogP contribution is -2.23. The smallest absolute Gasteiger partial charge is 0.338 e. The Balaban J connectivity index is 1.47. The van der Waals surface area contributed by atoms with Crippen LogP contribution in [0.2, 0.25) is 0 Å².